The number of hydrogen-bond acceptors (Lipinski definition) is 2. The Morgan fingerprint density at radius 3 is 2.71 bits per heavy atom. The first-order valence-electron chi connectivity index (χ1n) is 5.61. The Hall–Kier alpha value is -1.06. The van der Waals surface area contributed by atoms with Gasteiger partial charge < -0.3 is 10.0 Å². The molecule has 0 heterocycles. The number of hydrogen-bond donors (Lipinski definition) is 1. The summed E-state index contributed by atoms with van der Waals surface area (Å²) in [4.78, 5) is 13.6. The van der Waals surface area contributed by atoms with Crippen molar-refractivity contribution in [2.24, 2.45) is 0 Å². The molecule has 1 aromatic rings. The van der Waals surface area contributed by atoms with Gasteiger partial charge in [0, 0.05) is 24.2 Å². The summed E-state index contributed by atoms with van der Waals surface area (Å²) in [5.74, 6) is -0.0763. The third-order valence-electron chi connectivity index (χ3n) is 2.65. The molecule has 0 fully saturated rings. The summed E-state index contributed by atoms with van der Waals surface area (Å²) in [5.41, 5.74) is 1.53. The standard InChI is InChI=1S/C13H18ClNO2/c1-9-4-5-11(8-12(9)14)13(17)15(3)7-6-10(2)16/h4-5,8,10,16H,6-7H2,1-3H3. The number of aliphatic hydroxyl groups excluding tert-OH is 1. The fourth-order valence-electron chi connectivity index (χ4n) is 1.43. The lowest BCUT2D eigenvalue weighted by Crippen LogP contribution is -2.29. The molecule has 0 saturated carbocycles. The summed E-state index contributed by atoms with van der Waals surface area (Å²) >= 11 is 5.98. The van der Waals surface area contributed by atoms with Gasteiger partial charge in [-0.2, -0.15) is 0 Å². The van der Waals surface area contributed by atoms with Gasteiger partial charge in [-0.1, -0.05) is 17.7 Å². The van der Waals surface area contributed by atoms with Gasteiger partial charge in [-0.15, -0.1) is 0 Å². The predicted octanol–water partition coefficient (Wildman–Crippen LogP) is 2.49. The van der Waals surface area contributed by atoms with Gasteiger partial charge in [0.1, 0.15) is 0 Å². The van der Waals surface area contributed by atoms with Gasteiger partial charge >= 0.3 is 0 Å². The molecule has 1 aromatic carbocycles. The fraction of sp³-hybridized carbons (Fsp3) is 0.462. The fourth-order valence-corrected chi connectivity index (χ4v) is 1.61. The molecule has 1 amide bonds. The van der Waals surface area contributed by atoms with Gasteiger partial charge in [-0.25, -0.2) is 0 Å². The summed E-state index contributed by atoms with van der Waals surface area (Å²) in [6.45, 7) is 4.14. The lowest BCUT2D eigenvalue weighted by atomic mass is 10.1. The van der Waals surface area contributed by atoms with Gasteiger partial charge in [0.2, 0.25) is 0 Å². The van der Waals surface area contributed by atoms with Crippen molar-refractivity contribution in [3.63, 3.8) is 0 Å². The molecule has 4 heteroatoms. The summed E-state index contributed by atoms with van der Waals surface area (Å²) in [6, 6.07) is 5.28. The highest BCUT2D eigenvalue weighted by Crippen LogP contribution is 2.17. The molecular formula is C13H18ClNO2. The van der Waals surface area contributed by atoms with Crippen molar-refractivity contribution in [1.82, 2.24) is 4.90 Å². The number of benzene rings is 1. The van der Waals surface area contributed by atoms with E-state index in [4.69, 9.17) is 11.6 Å². The zero-order valence-electron chi connectivity index (χ0n) is 10.4. The summed E-state index contributed by atoms with van der Waals surface area (Å²) in [7, 11) is 1.72. The van der Waals surface area contributed by atoms with Gasteiger partial charge in [-0.05, 0) is 38.0 Å². The number of nitrogens with zero attached hydrogens (tertiary/aromatic N) is 1. The molecule has 0 radical (unpaired) electrons. The average Bonchev–Trinajstić information content (AvgIpc) is 2.28. The van der Waals surface area contributed by atoms with Crippen LogP contribution >= 0.6 is 11.6 Å². The largest absolute Gasteiger partial charge is 0.393 e. The van der Waals surface area contributed by atoms with Crippen LogP contribution in [-0.2, 0) is 0 Å². The second-order valence-electron chi connectivity index (χ2n) is 4.33. The molecule has 0 aromatic heterocycles. The highest BCUT2D eigenvalue weighted by atomic mass is 35.5. The third-order valence-corrected chi connectivity index (χ3v) is 3.05. The first kappa shape index (κ1) is 14.0. The number of amides is 1. The average molecular weight is 256 g/mol. The number of halogens is 1. The summed E-state index contributed by atoms with van der Waals surface area (Å²) in [6.07, 6.45) is 0.175. The molecule has 0 aliphatic rings. The molecule has 1 atom stereocenters. The first-order chi connectivity index (χ1) is 7.91. The van der Waals surface area contributed by atoms with Gasteiger partial charge in [0.05, 0.1) is 6.10 Å². The molecule has 17 heavy (non-hydrogen) atoms. The quantitative estimate of drug-likeness (QED) is 0.898. The van der Waals surface area contributed by atoms with E-state index in [2.05, 4.69) is 0 Å². The molecule has 0 aliphatic carbocycles. The number of aliphatic hydroxyl groups is 1. The molecule has 1 rings (SSSR count). The number of carbonyl (C=O) groups is 1. The van der Waals surface area contributed by atoms with Crippen LogP contribution in [0.15, 0.2) is 18.2 Å². The van der Waals surface area contributed by atoms with Crippen molar-refractivity contribution in [1.29, 1.82) is 0 Å². The Kier molecular flexibility index (Phi) is 4.97. The van der Waals surface area contributed by atoms with Crippen LogP contribution in [0, 0.1) is 6.92 Å². The van der Waals surface area contributed by atoms with Crippen molar-refractivity contribution < 1.29 is 9.90 Å². The lowest BCUT2D eigenvalue weighted by molar-refractivity contribution is 0.0769. The van der Waals surface area contributed by atoms with Crippen molar-refractivity contribution in [3.8, 4) is 0 Å². The Morgan fingerprint density at radius 2 is 2.18 bits per heavy atom. The van der Waals surface area contributed by atoms with E-state index < -0.39 is 6.10 Å². The zero-order chi connectivity index (χ0) is 13.0. The monoisotopic (exact) mass is 255 g/mol. The molecule has 94 valence electrons. The van der Waals surface area contributed by atoms with Crippen LogP contribution in [-0.4, -0.2) is 35.6 Å². The van der Waals surface area contributed by atoms with Crippen LogP contribution in [0.1, 0.15) is 29.3 Å². The highest BCUT2D eigenvalue weighted by molar-refractivity contribution is 6.31. The van der Waals surface area contributed by atoms with Crippen LogP contribution < -0.4 is 0 Å². The van der Waals surface area contributed by atoms with Crippen molar-refractivity contribution in [2.75, 3.05) is 13.6 Å². The van der Waals surface area contributed by atoms with Crippen LogP contribution in [0.25, 0.3) is 0 Å². The van der Waals surface area contributed by atoms with Crippen LogP contribution in [0.2, 0.25) is 5.02 Å². The summed E-state index contributed by atoms with van der Waals surface area (Å²) in [5, 5.41) is 9.77. The van der Waals surface area contributed by atoms with E-state index in [-0.39, 0.29) is 5.91 Å². The number of rotatable bonds is 4. The smallest absolute Gasteiger partial charge is 0.253 e. The molecule has 0 spiro atoms. The second kappa shape index (κ2) is 6.03. The lowest BCUT2D eigenvalue weighted by Gasteiger charge is -2.18. The zero-order valence-corrected chi connectivity index (χ0v) is 11.2. The normalized spacial score (nSPS) is 12.3. The van der Waals surface area contributed by atoms with Crippen molar-refractivity contribution in [3.05, 3.63) is 34.3 Å². The van der Waals surface area contributed by atoms with Gasteiger partial charge in [0.15, 0.2) is 0 Å². The highest BCUT2D eigenvalue weighted by Gasteiger charge is 2.13. The Labute approximate surface area is 107 Å². The third kappa shape index (κ3) is 4.02. The Balaban J connectivity index is 2.71. The Morgan fingerprint density at radius 1 is 1.53 bits per heavy atom. The van der Waals surface area contributed by atoms with Crippen molar-refractivity contribution in [2.45, 2.75) is 26.4 Å². The summed E-state index contributed by atoms with van der Waals surface area (Å²) < 4.78 is 0. The van der Waals surface area contributed by atoms with Gasteiger partial charge in [-0.3, -0.25) is 4.79 Å². The molecule has 1 N–H and O–H groups in total. The topological polar surface area (TPSA) is 40.5 Å². The second-order valence-corrected chi connectivity index (χ2v) is 4.74. The molecule has 0 bridgehead atoms. The van der Waals surface area contributed by atoms with Crippen LogP contribution in [0.4, 0.5) is 0 Å². The van der Waals surface area contributed by atoms with E-state index in [0.29, 0.717) is 23.6 Å². The Bertz CT molecular complexity index is 404. The van der Waals surface area contributed by atoms with Crippen molar-refractivity contribution >= 4 is 17.5 Å². The minimum atomic E-state index is -0.396. The van der Waals surface area contributed by atoms with Crippen LogP contribution in [0.3, 0.4) is 0 Å². The minimum absolute atomic E-state index is 0.0763. The van der Waals surface area contributed by atoms with Gasteiger partial charge in [0.25, 0.3) is 5.91 Å². The van der Waals surface area contributed by atoms with E-state index >= 15 is 0 Å². The molecule has 0 saturated heterocycles. The SMILES string of the molecule is Cc1ccc(C(=O)N(C)CCC(C)O)cc1Cl. The molecule has 3 nitrogen and oxygen atoms in total. The molecular weight excluding hydrogens is 238 g/mol. The van der Waals surface area contributed by atoms with E-state index in [1.807, 2.05) is 13.0 Å². The molecule has 0 aliphatic heterocycles. The minimum Gasteiger partial charge on any atom is -0.393 e. The van der Waals surface area contributed by atoms with Crippen LogP contribution in [0.5, 0.6) is 0 Å². The first-order valence-corrected chi connectivity index (χ1v) is 5.99. The maximum Gasteiger partial charge on any atom is 0.253 e. The maximum atomic E-state index is 12.0. The molecule has 1 unspecified atom stereocenters. The van der Waals surface area contributed by atoms with E-state index in [1.165, 1.54) is 0 Å². The maximum absolute atomic E-state index is 12.0. The van der Waals surface area contributed by atoms with E-state index in [0.717, 1.165) is 5.56 Å². The van der Waals surface area contributed by atoms with E-state index in [1.54, 1.807) is 31.0 Å². The predicted molar refractivity (Wildman–Crippen MR) is 69.4 cm³/mol. The number of carbonyl (C=O) groups excluding carboxylic acids is 1. The number of aryl methyl sites for hydroxylation is 1. The van der Waals surface area contributed by atoms with E-state index in [9.17, 15) is 9.90 Å².